The molecule has 2 aromatic rings. The lowest BCUT2D eigenvalue weighted by molar-refractivity contribution is -0.660. The molecule has 1 nitrogen and oxygen atoms in total. The fraction of sp³-hybridized carbons (Fsp3) is 0.353. The number of aromatic nitrogens is 1. The SMILES string of the molecule is [2H]C(C)(C)c1c[n+](C)c(-c2ccccc2C)cc1C. The van der Waals surface area contributed by atoms with Crippen LogP contribution >= 0.6 is 0 Å². The van der Waals surface area contributed by atoms with E-state index in [-0.39, 0.29) is 0 Å². The molecule has 0 spiro atoms. The van der Waals surface area contributed by atoms with Gasteiger partial charge in [0.1, 0.15) is 7.05 Å². The minimum Gasteiger partial charge on any atom is -0.201 e. The molecule has 1 heteroatoms. The van der Waals surface area contributed by atoms with Crippen molar-refractivity contribution in [2.45, 2.75) is 33.6 Å². The van der Waals surface area contributed by atoms with E-state index in [1.807, 2.05) is 13.8 Å². The Bertz CT molecular complexity index is 609. The quantitative estimate of drug-likeness (QED) is 0.702. The third-order valence-electron chi connectivity index (χ3n) is 3.44. The molecule has 2 rings (SSSR count). The first-order chi connectivity index (χ1) is 8.80. The normalized spacial score (nSPS) is 12.4. The van der Waals surface area contributed by atoms with E-state index < -0.39 is 5.89 Å². The van der Waals surface area contributed by atoms with E-state index in [2.05, 4.69) is 62.0 Å². The summed E-state index contributed by atoms with van der Waals surface area (Å²) in [5, 5.41) is 0. The van der Waals surface area contributed by atoms with Crippen LogP contribution in [0.25, 0.3) is 11.3 Å². The molecular weight excluding hydrogens is 218 g/mol. The molecule has 0 radical (unpaired) electrons. The maximum Gasteiger partial charge on any atom is 0.212 e. The summed E-state index contributed by atoms with van der Waals surface area (Å²) in [6, 6.07) is 10.6. The summed E-state index contributed by atoms with van der Waals surface area (Å²) in [4.78, 5) is 0. The molecule has 0 saturated carbocycles. The van der Waals surface area contributed by atoms with Crippen molar-refractivity contribution in [1.82, 2.24) is 0 Å². The molecule has 1 aromatic carbocycles. The van der Waals surface area contributed by atoms with Crippen molar-refractivity contribution in [2.75, 3.05) is 0 Å². The molecule has 18 heavy (non-hydrogen) atoms. The molecule has 94 valence electrons. The molecule has 0 unspecified atom stereocenters. The van der Waals surface area contributed by atoms with Crippen LogP contribution in [0.15, 0.2) is 36.5 Å². The molecule has 0 bridgehead atoms. The van der Waals surface area contributed by atoms with Gasteiger partial charge in [0.15, 0.2) is 6.20 Å². The van der Waals surface area contributed by atoms with Gasteiger partial charge in [0.25, 0.3) is 0 Å². The predicted octanol–water partition coefficient (Wildman–Crippen LogP) is 3.92. The Labute approximate surface area is 112 Å². The molecule has 0 N–H and O–H groups in total. The van der Waals surface area contributed by atoms with Gasteiger partial charge in [-0.05, 0) is 36.9 Å². The van der Waals surface area contributed by atoms with E-state index in [9.17, 15) is 0 Å². The fourth-order valence-corrected chi connectivity index (χ4v) is 2.40. The van der Waals surface area contributed by atoms with Crippen LogP contribution < -0.4 is 4.57 Å². The third kappa shape index (κ3) is 2.31. The molecule has 0 aliphatic heterocycles. The van der Waals surface area contributed by atoms with Gasteiger partial charge in [-0.2, -0.15) is 0 Å². The van der Waals surface area contributed by atoms with Crippen LogP contribution in [0.5, 0.6) is 0 Å². The van der Waals surface area contributed by atoms with Gasteiger partial charge in [-0.25, -0.2) is 4.57 Å². The predicted molar refractivity (Wildman–Crippen MR) is 76.6 cm³/mol. The zero-order valence-electron chi connectivity index (χ0n) is 12.9. The van der Waals surface area contributed by atoms with Gasteiger partial charge in [0.2, 0.25) is 5.69 Å². The van der Waals surface area contributed by atoms with Crippen molar-refractivity contribution in [3.8, 4) is 11.3 Å². The molecule has 0 saturated heterocycles. The maximum atomic E-state index is 8.21. The van der Waals surface area contributed by atoms with Gasteiger partial charge in [-0.3, -0.25) is 0 Å². The number of benzene rings is 1. The van der Waals surface area contributed by atoms with Crippen LogP contribution in [-0.4, -0.2) is 0 Å². The van der Waals surface area contributed by atoms with Crippen molar-refractivity contribution in [1.29, 1.82) is 0 Å². The number of hydrogen-bond acceptors (Lipinski definition) is 0. The summed E-state index contributed by atoms with van der Waals surface area (Å²) in [5.74, 6) is -0.563. The van der Waals surface area contributed by atoms with Gasteiger partial charge in [0.05, 0.1) is 0 Å². The summed E-state index contributed by atoms with van der Waals surface area (Å²) in [6.07, 6.45) is 2.09. The molecule has 0 atom stereocenters. The average Bonchev–Trinajstić information content (AvgIpc) is 2.31. The summed E-state index contributed by atoms with van der Waals surface area (Å²) in [5.41, 5.74) is 5.98. The fourth-order valence-electron chi connectivity index (χ4n) is 2.40. The Balaban J connectivity index is 2.63. The standard InChI is InChI=1S/C17H22N/c1-12(2)16-11-18(5)17(10-14(16)4)15-9-7-6-8-13(15)3/h6-12H,1-5H3/q+1/i12D. The minimum atomic E-state index is -0.563. The molecule has 1 heterocycles. The van der Waals surface area contributed by atoms with Crippen LogP contribution in [-0.2, 0) is 7.05 Å². The monoisotopic (exact) mass is 241 g/mol. The summed E-state index contributed by atoms with van der Waals surface area (Å²) in [6.45, 7) is 8.09. The van der Waals surface area contributed by atoms with E-state index in [1.165, 1.54) is 22.4 Å². The summed E-state index contributed by atoms with van der Waals surface area (Å²) >= 11 is 0. The lowest BCUT2D eigenvalue weighted by atomic mass is 9.97. The molecular formula is C17H22N+. The Hall–Kier alpha value is -1.63. The van der Waals surface area contributed by atoms with Gasteiger partial charge < -0.3 is 0 Å². The zero-order valence-corrected chi connectivity index (χ0v) is 11.9. The summed E-state index contributed by atoms with van der Waals surface area (Å²) < 4.78 is 10.3. The number of hydrogen-bond donors (Lipinski definition) is 0. The van der Waals surface area contributed by atoms with Gasteiger partial charge >= 0.3 is 0 Å². The zero-order chi connectivity index (χ0) is 14.2. The Morgan fingerprint density at radius 1 is 1.11 bits per heavy atom. The van der Waals surface area contributed by atoms with Crippen LogP contribution in [0.3, 0.4) is 0 Å². The smallest absolute Gasteiger partial charge is 0.201 e. The summed E-state index contributed by atoms with van der Waals surface area (Å²) in [7, 11) is 2.05. The number of nitrogens with zero attached hydrogens (tertiary/aromatic N) is 1. The van der Waals surface area contributed by atoms with E-state index in [0.717, 1.165) is 5.56 Å². The van der Waals surface area contributed by atoms with Crippen molar-refractivity contribution in [2.24, 2.45) is 7.05 Å². The van der Waals surface area contributed by atoms with Crippen molar-refractivity contribution < 1.29 is 5.94 Å². The third-order valence-corrected chi connectivity index (χ3v) is 3.44. The highest BCUT2D eigenvalue weighted by molar-refractivity contribution is 5.61. The Morgan fingerprint density at radius 2 is 1.78 bits per heavy atom. The largest absolute Gasteiger partial charge is 0.212 e. The Kier molecular flexibility index (Phi) is 3.14. The van der Waals surface area contributed by atoms with E-state index in [0.29, 0.717) is 0 Å². The lowest BCUT2D eigenvalue weighted by Gasteiger charge is -2.11. The van der Waals surface area contributed by atoms with Crippen LogP contribution in [0, 0.1) is 13.8 Å². The van der Waals surface area contributed by atoms with Gasteiger partial charge in [-0.15, -0.1) is 0 Å². The highest BCUT2D eigenvalue weighted by Crippen LogP contribution is 2.24. The number of pyridine rings is 1. The van der Waals surface area contributed by atoms with Gasteiger partial charge in [-0.1, -0.05) is 32.0 Å². The lowest BCUT2D eigenvalue weighted by Crippen LogP contribution is -2.32. The first kappa shape index (κ1) is 11.5. The van der Waals surface area contributed by atoms with Gasteiger partial charge in [0, 0.05) is 18.6 Å². The average molecular weight is 241 g/mol. The number of aryl methyl sites for hydroxylation is 3. The molecule has 0 aliphatic rings. The first-order valence-corrected chi connectivity index (χ1v) is 6.37. The highest BCUT2D eigenvalue weighted by Gasteiger charge is 2.16. The maximum absolute atomic E-state index is 8.21. The van der Waals surface area contributed by atoms with Crippen LogP contribution in [0.4, 0.5) is 0 Å². The van der Waals surface area contributed by atoms with Crippen molar-refractivity contribution in [3.05, 3.63) is 53.2 Å². The van der Waals surface area contributed by atoms with E-state index in [4.69, 9.17) is 1.37 Å². The molecule has 1 aromatic heterocycles. The first-order valence-electron chi connectivity index (χ1n) is 6.87. The topological polar surface area (TPSA) is 3.88 Å². The van der Waals surface area contributed by atoms with Crippen molar-refractivity contribution >= 4 is 0 Å². The second-order valence-electron chi connectivity index (χ2n) is 5.18. The van der Waals surface area contributed by atoms with Crippen LogP contribution in [0.1, 0.15) is 37.8 Å². The highest BCUT2D eigenvalue weighted by atomic mass is 14.9. The van der Waals surface area contributed by atoms with Crippen LogP contribution in [0.2, 0.25) is 0 Å². The second kappa shape index (κ2) is 4.93. The molecule has 0 fully saturated rings. The van der Waals surface area contributed by atoms with Crippen molar-refractivity contribution in [3.63, 3.8) is 0 Å². The Morgan fingerprint density at radius 3 is 2.39 bits per heavy atom. The van der Waals surface area contributed by atoms with E-state index >= 15 is 0 Å². The second-order valence-corrected chi connectivity index (χ2v) is 5.18. The minimum absolute atomic E-state index is 0.563. The number of rotatable bonds is 2. The molecule has 0 amide bonds. The van der Waals surface area contributed by atoms with E-state index in [1.54, 1.807) is 0 Å². The molecule has 0 aliphatic carbocycles.